The molecule has 3 aliphatic rings. The van der Waals surface area contributed by atoms with Crippen molar-refractivity contribution in [1.29, 1.82) is 0 Å². The highest BCUT2D eigenvalue weighted by Gasteiger charge is 2.39. The predicted molar refractivity (Wildman–Crippen MR) is 69.1 cm³/mol. The van der Waals surface area contributed by atoms with Crippen LogP contribution in [-0.2, 0) is 4.74 Å². The maximum absolute atomic E-state index is 5.86. The Morgan fingerprint density at radius 3 is 2.71 bits per heavy atom. The lowest BCUT2D eigenvalue weighted by Gasteiger charge is -2.35. The van der Waals surface area contributed by atoms with Crippen LogP contribution in [0.25, 0.3) is 0 Å². The summed E-state index contributed by atoms with van der Waals surface area (Å²) in [4.78, 5) is 2.77. The first kappa shape index (κ1) is 11.9. The molecule has 3 heteroatoms. The number of ether oxygens (including phenoxy) is 1. The minimum absolute atomic E-state index is 0.539. The van der Waals surface area contributed by atoms with Gasteiger partial charge < -0.3 is 10.1 Å². The van der Waals surface area contributed by atoms with Gasteiger partial charge in [-0.2, -0.15) is 0 Å². The molecule has 2 unspecified atom stereocenters. The van der Waals surface area contributed by atoms with Gasteiger partial charge in [0.25, 0.3) is 0 Å². The van der Waals surface area contributed by atoms with E-state index in [9.17, 15) is 0 Å². The van der Waals surface area contributed by atoms with Crippen molar-refractivity contribution in [2.45, 2.75) is 44.8 Å². The SMILES string of the molecule is CCCC1CC(N2C[C@H]3CNC[C@H]3C2)CCO1. The van der Waals surface area contributed by atoms with Crippen LogP contribution in [0.3, 0.4) is 0 Å². The van der Waals surface area contributed by atoms with Gasteiger partial charge in [0.2, 0.25) is 0 Å². The zero-order chi connectivity index (χ0) is 11.7. The van der Waals surface area contributed by atoms with Gasteiger partial charge in [-0.3, -0.25) is 4.90 Å². The fraction of sp³-hybridized carbons (Fsp3) is 1.00. The van der Waals surface area contributed by atoms with Crippen LogP contribution in [0.1, 0.15) is 32.6 Å². The molecule has 0 saturated carbocycles. The lowest BCUT2D eigenvalue weighted by atomic mass is 9.99. The highest BCUT2D eigenvalue weighted by Crippen LogP contribution is 2.31. The van der Waals surface area contributed by atoms with Crippen molar-refractivity contribution < 1.29 is 4.74 Å². The first-order chi connectivity index (χ1) is 8.36. The molecule has 0 aliphatic carbocycles. The first-order valence-electron chi connectivity index (χ1n) is 7.43. The largest absolute Gasteiger partial charge is 0.378 e. The van der Waals surface area contributed by atoms with E-state index in [0.29, 0.717) is 6.10 Å². The number of fused-ring (bicyclic) bond motifs is 1. The van der Waals surface area contributed by atoms with E-state index >= 15 is 0 Å². The molecule has 3 rings (SSSR count). The van der Waals surface area contributed by atoms with E-state index in [1.54, 1.807) is 0 Å². The number of likely N-dealkylation sites (tertiary alicyclic amines) is 1. The van der Waals surface area contributed by atoms with Gasteiger partial charge in [0.15, 0.2) is 0 Å². The minimum atomic E-state index is 0.539. The fourth-order valence-corrected chi connectivity index (χ4v) is 3.90. The molecule has 3 nitrogen and oxygen atoms in total. The van der Waals surface area contributed by atoms with Crippen LogP contribution in [-0.4, -0.2) is 49.8 Å². The summed E-state index contributed by atoms with van der Waals surface area (Å²) < 4.78 is 5.86. The Morgan fingerprint density at radius 1 is 1.24 bits per heavy atom. The number of hydrogen-bond acceptors (Lipinski definition) is 3. The molecule has 0 spiro atoms. The summed E-state index contributed by atoms with van der Waals surface area (Å²) in [7, 11) is 0. The van der Waals surface area contributed by atoms with Gasteiger partial charge in [0.05, 0.1) is 6.10 Å². The second-order valence-electron chi connectivity index (χ2n) is 6.09. The second-order valence-corrected chi connectivity index (χ2v) is 6.09. The molecule has 3 saturated heterocycles. The molecule has 4 atom stereocenters. The van der Waals surface area contributed by atoms with Crippen LogP contribution in [0.4, 0.5) is 0 Å². The number of nitrogens with one attached hydrogen (secondary N) is 1. The lowest BCUT2D eigenvalue weighted by molar-refractivity contribution is -0.0275. The number of rotatable bonds is 3. The average molecular weight is 238 g/mol. The third kappa shape index (κ3) is 2.51. The van der Waals surface area contributed by atoms with Gasteiger partial charge in [0, 0.05) is 25.7 Å². The maximum atomic E-state index is 5.86. The van der Waals surface area contributed by atoms with Crippen LogP contribution in [0, 0.1) is 11.8 Å². The molecule has 0 bridgehead atoms. The van der Waals surface area contributed by atoms with E-state index < -0.39 is 0 Å². The summed E-state index contributed by atoms with van der Waals surface area (Å²) in [5.74, 6) is 1.87. The van der Waals surface area contributed by atoms with Crippen molar-refractivity contribution >= 4 is 0 Å². The predicted octanol–water partition coefficient (Wildman–Crippen LogP) is 1.49. The summed E-state index contributed by atoms with van der Waals surface area (Å²) in [5.41, 5.74) is 0. The smallest absolute Gasteiger partial charge is 0.0590 e. The van der Waals surface area contributed by atoms with Crippen LogP contribution < -0.4 is 5.32 Å². The summed E-state index contributed by atoms with van der Waals surface area (Å²) in [6, 6.07) is 0.811. The Morgan fingerprint density at radius 2 is 2.00 bits per heavy atom. The van der Waals surface area contributed by atoms with Crippen molar-refractivity contribution in [3.8, 4) is 0 Å². The third-order valence-electron chi connectivity index (χ3n) is 4.88. The van der Waals surface area contributed by atoms with Crippen LogP contribution in [0.5, 0.6) is 0 Å². The Kier molecular flexibility index (Phi) is 3.69. The fourth-order valence-electron chi connectivity index (χ4n) is 3.90. The van der Waals surface area contributed by atoms with Gasteiger partial charge in [-0.25, -0.2) is 0 Å². The molecule has 3 aliphatic heterocycles. The highest BCUT2D eigenvalue weighted by atomic mass is 16.5. The monoisotopic (exact) mass is 238 g/mol. The molecule has 0 amide bonds. The van der Waals surface area contributed by atoms with Crippen LogP contribution in [0.2, 0.25) is 0 Å². The molecule has 0 aromatic rings. The van der Waals surface area contributed by atoms with Gasteiger partial charge in [-0.05, 0) is 44.2 Å². The Balaban J connectivity index is 1.54. The van der Waals surface area contributed by atoms with E-state index in [0.717, 1.165) is 24.5 Å². The molecular weight excluding hydrogens is 212 g/mol. The van der Waals surface area contributed by atoms with Crippen molar-refractivity contribution in [2.75, 3.05) is 32.8 Å². The molecule has 98 valence electrons. The molecule has 0 aromatic carbocycles. The van der Waals surface area contributed by atoms with E-state index in [4.69, 9.17) is 4.74 Å². The minimum Gasteiger partial charge on any atom is -0.378 e. The normalized spacial score (nSPS) is 42.9. The molecule has 3 fully saturated rings. The van der Waals surface area contributed by atoms with Gasteiger partial charge in [-0.15, -0.1) is 0 Å². The zero-order valence-electron chi connectivity index (χ0n) is 11.0. The molecule has 1 N–H and O–H groups in total. The molecular formula is C14H26N2O. The third-order valence-corrected chi connectivity index (χ3v) is 4.88. The van der Waals surface area contributed by atoms with Crippen LogP contribution >= 0.6 is 0 Å². The van der Waals surface area contributed by atoms with Gasteiger partial charge >= 0.3 is 0 Å². The van der Waals surface area contributed by atoms with E-state index in [2.05, 4.69) is 17.1 Å². The average Bonchev–Trinajstić information content (AvgIpc) is 2.89. The van der Waals surface area contributed by atoms with E-state index in [-0.39, 0.29) is 0 Å². The molecule has 17 heavy (non-hydrogen) atoms. The molecule has 0 radical (unpaired) electrons. The van der Waals surface area contributed by atoms with E-state index in [1.165, 1.54) is 51.9 Å². The first-order valence-corrected chi connectivity index (χ1v) is 7.43. The summed E-state index contributed by atoms with van der Waals surface area (Å²) >= 11 is 0. The molecule has 0 aromatic heterocycles. The maximum Gasteiger partial charge on any atom is 0.0590 e. The van der Waals surface area contributed by atoms with Gasteiger partial charge in [0.1, 0.15) is 0 Å². The van der Waals surface area contributed by atoms with Crippen molar-refractivity contribution in [1.82, 2.24) is 10.2 Å². The quantitative estimate of drug-likeness (QED) is 0.806. The second kappa shape index (κ2) is 5.25. The zero-order valence-corrected chi connectivity index (χ0v) is 11.0. The van der Waals surface area contributed by atoms with Gasteiger partial charge in [-0.1, -0.05) is 13.3 Å². The van der Waals surface area contributed by atoms with Crippen molar-refractivity contribution in [3.63, 3.8) is 0 Å². The molecule has 3 heterocycles. The summed E-state index contributed by atoms with van der Waals surface area (Å²) in [6.07, 6.45) is 5.58. The highest BCUT2D eigenvalue weighted by molar-refractivity contribution is 4.94. The van der Waals surface area contributed by atoms with Crippen molar-refractivity contribution in [3.05, 3.63) is 0 Å². The topological polar surface area (TPSA) is 24.5 Å². The Hall–Kier alpha value is -0.120. The standard InChI is InChI=1S/C14H26N2O/c1-2-3-14-6-13(4-5-17-14)16-9-11-7-15-8-12(11)10-16/h11-15H,2-10H2,1H3/t11-,12+,13?,14?. The lowest BCUT2D eigenvalue weighted by Crippen LogP contribution is -2.42. The summed E-state index contributed by atoms with van der Waals surface area (Å²) in [6.45, 7) is 8.42. The Bertz CT molecular complexity index is 245. The number of nitrogens with zero attached hydrogens (tertiary/aromatic N) is 1. The summed E-state index contributed by atoms with van der Waals surface area (Å²) in [5, 5.41) is 3.53. The van der Waals surface area contributed by atoms with E-state index in [1.807, 2.05) is 0 Å². The van der Waals surface area contributed by atoms with Crippen LogP contribution in [0.15, 0.2) is 0 Å². The number of hydrogen-bond donors (Lipinski definition) is 1. The van der Waals surface area contributed by atoms with Crippen molar-refractivity contribution in [2.24, 2.45) is 11.8 Å². The Labute approximate surface area is 105 Å².